The molecular weight excluding hydrogens is 408 g/mol. The SMILES string of the molecule is CCC1C(C)CN(C(=O)c2ccc(Cl)cc2S(=O)(=O)Nc2csnn2)C1C. The topological polar surface area (TPSA) is 92.3 Å². The maximum atomic E-state index is 13.2. The van der Waals surface area contributed by atoms with Gasteiger partial charge in [-0.3, -0.25) is 9.52 Å². The van der Waals surface area contributed by atoms with Crippen molar-refractivity contribution in [2.24, 2.45) is 11.8 Å². The number of aromatic nitrogens is 2. The zero-order valence-electron chi connectivity index (χ0n) is 15.2. The Hall–Kier alpha value is -1.71. The van der Waals surface area contributed by atoms with E-state index in [-0.39, 0.29) is 33.2 Å². The third-order valence-corrected chi connectivity index (χ3v) is 7.26. The minimum atomic E-state index is -4.04. The Morgan fingerprint density at radius 3 is 2.74 bits per heavy atom. The molecule has 1 N–H and O–H groups in total. The van der Waals surface area contributed by atoms with Gasteiger partial charge in [0.25, 0.3) is 15.9 Å². The van der Waals surface area contributed by atoms with E-state index in [2.05, 4.69) is 28.2 Å². The van der Waals surface area contributed by atoms with Crippen LogP contribution in [0.25, 0.3) is 0 Å². The van der Waals surface area contributed by atoms with Crippen molar-refractivity contribution in [1.29, 1.82) is 0 Å². The Morgan fingerprint density at radius 1 is 1.41 bits per heavy atom. The Labute approximate surface area is 167 Å². The fourth-order valence-corrected chi connectivity index (χ4v) is 5.69. The second-order valence-corrected chi connectivity index (χ2v) is 9.48. The Kier molecular flexibility index (Phi) is 5.73. The van der Waals surface area contributed by atoms with E-state index in [4.69, 9.17) is 11.6 Å². The molecule has 1 amide bonds. The average molecular weight is 429 g/mol. The monoisotopic (exact) mass is 428 g/mol. The van der Waals surface area contributed by atoms with E-state index >= 15 is 0 Å². The lowest BCUT2D eigenvalue weighted by molar-refractivity contribution is 0.0726. The first-order chi connectivity index (χ1) is 12.7. The van der Waals surface area contributed by atoms with E-state index in [9.17, 15) is 13.2 Å². The van der Waals surface area contributed by atoms with Gasteiger partial charge in [0, 0.05) is 17.6 Å². The summed E-state index contributed by atoms with van der Waals surface area (Å²) in [6.45, 7) is 6.84. The average Bonchev–Trinajstić information content (AvgIpc) is 3.21. The van der Waals surface area contributed by atoms with E-state index in [1.807, 2.05) is 6.92 Å². The first-order valence-corrected chi connectivity index (χ1v) is 11.3. The standard InChI is InChI=1S/C17H21ClN4O3S2/c1-4-13-10(2)8-22(11(13)3)17(23)14-6-5-12(18)7-15(14)27(24,25)20-16-9-26-21-19-16/h5-7,9-11,13,20H,4,8H2,1-3H3. The van der Waals surface area contributed by atoms with Crippen molar-refractivity contribution in [2.45, 2.75) is 38.1 Å². The number of nitrogens with one attached hydrogen (secondary N) is 1. The molecule has 3 atom stereocenters. The lowest BCUT2D eigenvalue weighted by Crippen LogP contribution is -2.36. The molecule has 146 valence electrons. The van der Waals surface area contributed by atoms with Gasteiger partial charge in [0.15, 0.2) is 5.82 Å². The summed E-state index contributed by atoms with van der Waals surface area (Å²) in [6, 6.07) is 4.33. The van der Waals surface area contributed by atoms with Crippen molar-refractivity contribution in [3.63, 3.8) is 0 Å². The largest absolute Gasteiger partial charge is 0.335 e. The van der Waals surface area contributed by atoms with E-state index in [0.29, 0.717) is 18.4 Å². The van der Waals surface area contributed by atoms with Crippen molar-refractivity contribution in [2.75, 3.05) is 11.3 Å². The summed E-state index contributed by atoms with van der Waals surface area (Å²) in [5.74, 6) is 0.548. The lowest BCUT2D eigenvalue weighted by atomic mass is 9.90. The highest BCUT2D eigenvalue weighted by atomic mass is 35.5. The summed E-state index contributed by atoms with van der Waals surface area (Å²) < 4.78 is 31.7. The Morgan fingerprint density at radius 2 is 2.15 bits per heavy atom. The van der Waals surface area contributed by atoms with Gasteiger partial charge < -0.3 is 4.90 Å². The number of sulfonamides is 1. The molecule has 0 aliphatic carbocycles. The molecule has 0 spiro atoms. The number of likely N-dealkylation sites (tertiary alicyclic amines) is 1. The zero-order chi connectivity index (χ0) is 19.8. The molecule has 3 rings (SSSR count). The third-order valence-electron chi connectivity index (χ3n) is 5.12. The number of rotatable bonds is 5. The van der Waals surface area contributed by atoms with E-state index in [1.165, 1.54) is 23.6 Å². The molecule has 0 bridgehead atoms. The van der Waals surface area contributed by atoms with Crippen LogP contribution >= 0.6 is 23.1 Å². The van der Waals surface area contributed by atoms with Crippen LogP contribution in [0, 0.1) is 11.8 Å². The maximum Gasteiger partial charge on any atom is 0.263 e. The Balaban J connectivity index is 1.98. The van der Waals surface area contributed by atoms with Crippen molar-refractivity contribution in [3.8, 4) is 0 Å². The minimum absolute atomic E-state index is 0.0411. The highest BCUT2D eigenvalue weighted by molar-refractivity contribution is 7.92. The van der Waals surface area contributed by atoms with Gasteiger partial charge in [-0.2, -0.15) is 0 Å². The number of carbonyl (C=O) groups is 1. The molecule has 1 fully saturated rings. The number of halogens is 1. The smallest absolute Gasteiger partial charge is 0.263 e. The molecule has 1 aromatic carbocycles. The van der Waals surface area contributed by atoms with E-state index in [0.717, 1.165) is 18.0 Å². The van der Waals surface area contributed by atoms with Crippen LogP contribution in [0.4, 0.5) is 5.82 Å². The van der Waals surface area contributed by atoms with Gasteiger partial charge in [0.2, 0.25) is 0 Å². The number of anilines is 1. The summed E-state index contributed by atoms with van der Waals surface area (Å²) in [7, 11) is -4.04. The third kappa shape index (κ3) is 3.95. The molecule has 1 aliphatic rings. The quantitative estimate of drug-likeness (QED) is 0.786. The number of amides is 1. The normalized spacial score (nSPS) is 22.8. The predicted molar refractivity (Wildman–Crippen MR) is 106 cm³/mol. The molecule has 10 heteroatoms. The lowest BCUT2D eigenvalue weighted by Gasteiger charge is -2.25. The van der Waals surface area contributed by atoms with E-state index < -0.39 is 10.0 Å². The highest BCUT2D eigenvalue weighted by Crippen LogP contribution is 2.34. The molecule has 1 aromatic heterocycles. The Bertz CT molecular complexity index is 934. The van der Waals surface area contributed by atoms with Crippen molar-refractivity contribution < 1.29 is 13.2 Å². The molecule has 1 aliphatic heterocycles. The van der Waals surface area contributed by atoms with Crippen LogP contribution in [0.5, 0.6) is 0 Å². The fourth-order valence-electron chi connectivity index (χ4n) is 3.78. The van der Waals surface area contributed by atoms with Crippen molar-refractivity contribution in [3.05, 3.63) is 34.2 Å². The summed E-state index contributed by atoms with van der Waals surface area (Å²) >= 11 is 7.05. The molecule has 7 nitrogen and oxygen atoms in total. The number of benzene rings is 1. The molecule has 2 aromatic rings. The zero-order valence-corrected chi connectivity index (χ0v) is 17.6. The number of nitrogens with zero attached hydrogens (tertiary/aromatic N) is 3. The van der Waals surface area contributed by atoms with Crippen LogP contribution in [0.15, 0.2) is 28.5 Å². The summed E-state index contributed by atoms with van der Waals surface area (Å²) in [6.07, 6.45) is 0.969. The number of hydrogen-bond acceptors (Lipinski definition) is 6. The summed E-state index contributed by atoms with van der Waals surface area (Å²) in [5.41, 5.74) is 0.103. The number of carbonyl (C=O) groups excluding carboxylic acids is 1. The first kappa shape index (κ1) is 20.0. The van der Waals surface area contributed by atoms with Crippen molar-refractivity contribution >= 4 is 44.9 Å². The molecule has 0 saturated carbocycles. The first-order valence-electron chi connectivity index (χ1n) is 8.65. The number of hydrogen-bond donors (Lipinski definition) is 1. The fraction of sp³-hybridized carbons (Fsp3) is 0.471. The molecule has 27 heavy (non-hydrogen) atoms. The van der Waals surface area contributed by atoms with Gasteiger partial charge in [-0.25, -0.2) is 8.42 Å². The molecule has 0 radical (unpaired) electrons. The van der Waals surface area contributed by atoms with Crippen LogP contribution in [0.1, 0.15) is 37.6 Å². The van der Waals surface area contributed by atoms with Crippen LogP contribution < -0.4 is 4.72 Å². The molecule has 3 unspecified atom stereocenters. The molecular formula is C17H21ClN4O3S2. The molecule has 1 saturated heterocycles. The highest BCUT2D eigenvalue weighted by Gasteiger charge is 2.39. The maximum absolute atomic E-state index is 13.2. The van der Waals surface area contributed by atoms with Gasteiger partial charge in [-0.05, 0) is 48.5 Å². The van der Waals surface area contributed by atoms with E-state index in [1.54, 1.807) is 4.90 Å². The van der Waals surface area contributed by atoms with Gasteiger partial charge in [0.1, 0.15) is 4.90 Å². The predicted octanol–water partition coefficient (Wildman–Crippen LogP) is 3.50. The van der Waals surface area contributed by atoms with Crippen LogP contribution in [-0.2, 0) is 10.0 Å². The summed E-state index contributed by atoms with van der Waals surface area (Å²) in [5, 5.41) is 5.40. The van der Waals surface area contributed by atoms with Gasteiger partial charge in [-0.15, -0.1) is 5.10 Å². The van der Waals surface area contributed by atoms with Crippen LogP contribution in [-0.4, -0.2) is 41.4 Å². The van der Waals surface area contributed by atoms with Crippen molar-refractivity contribution in [1.82, 2.24) is 14.5 Å². The van der Waals surface area contributed by atoms with Crippen LogP contribution in [0.2, 0.25) is 5.02 Å². The second-order valence-electron chi connectivity index (χ2n) is 6.78. The molecule has 2 heterocycles. The van der Waals surface area contributed by atoms with Gasteiger partial charge >= 0.3 is 0 Å². The second kappa shape index (κ2) is 7.73. The van der Waals surface area contributed by atoms with Crippen LogP contribution in [0.3, 0.4) is 0 Å². The van der Waals surface area contributed by atoms with Gasteiger partial charge in [-0.1, -0.05) is 36.4 Å². The summed E-state index contributed by atoms with van der Waals surface area (Å²) in [4.78, 5) is 14.8. The van der Waals surface area contributed by atoms with Gasteiger partial charge in [0.05, 0.1) is 10.9 Å². The minimum Gasteiger partial charge on any atom is -0.335 e.